The normalized spacial score (nSPS) is 11.8. The first-order valence-electron chi connectivity index (χ1n) is 9.67. The summed E-state index contributed by atoms with van der Waals surface area (Å²) in [5, 5.41) is 13.9. The highest BCUT2D eigenvalue weighted by molar-refractivity contribution is 8.00. The third kappa shape index (κ3) is 4.65. The smallest absolute Gasteiger partial charge is 0.242 e. The van der Waals surface area contributed by atoms with Crippen LogP contribution in [-0.4, -0.2) is 27.8 Å². The molecule has 1 N–H and O–H groups in total. The van der Waals surface area contributed by atoms with Gasteiger partial charge in [0.15, 0.2) is 11.0 Å². The Balaban J connectivity index is 1.65. The first-order valence-corrected chi connectivity index (χ1v) is 11.4. The maximum atomic E-state index is 13.4. The quantitative estimate of drug-likeness (QED) is 0.385. The number of amides is 1. The number of carbonyl (C=O) groups excluding carboxylic acids is 1. The van der Waals surface area contributed by atoms with Gasteiger partial charge in [0.1, 0.15) is 11.0 Å². The van der Waals surface area contributed by atoms with Crippen molar-refractivity contribution in [1.29, 1.82) is 0 Å². The standard InChI is InChI=1S/C23H22N4O2S2/c1-15-11-12-18(29-3)17(14-15)24-22(28)20(16-8-5-4-6-9-16)31-23-26-25-21(27(23)2)19-10-7-13-30-19/h4-14,20H,1-3H3,(H,24,28). The molecule has 1 unspecified atom stereocenters. The van der Waals surface area contributed by atoms with Gasteiger partial charge >= 0.3 is 0 Å². The molecular weight excluding hydrogens is 428 g/mol. The van der Waals surface area contributed by atoms with Crippen molar-refractivity contribution in [3.63, 3.8) is 0 Å². The number of nitrogens with zero attached hydrogens (tertiary/aromatic N) is 3. The van der Waals surface area contributed by atoms with Crippen LogP contribution >= 0.6 is 23.1 Å². The minimum atomic E-state index is -0.509. The van der Waals surface area contributed by atoms with Crippen molar-refractivity contribution in [1.82, 2.24) is 14.8 Å². The summed E-state index contributed by atoms with van der Waals surface area (Å²) in [6.07, 6.45) is 0. The van der Waals surface area contributed by atoms with Crippen LogP contribution in [0, 0.1) is 6.92 Å². The van der Waals surface area contributed by atoms with Crippen molar-refractivity contribution in [3.05, 3.63) is 77.2 Å². The lowest BCUT2D eigenvalue weighted by atomic mass is 10.1. The van der Waals surface area contributed by atoms with Gasteiger partial charge in [-0.2, -0.15) is 0 Å². The molecule has 0 bridgehead atoms. The van der Waals surface area contributed by atoms with E-state index in [0.29, 0.717) is 16.6 Å². The van der Waals surface area contributed by atoms with Gasteiger partial charge in [-0.25, -0.2) is 0 Å². The molecule has 0 radical (unpaired) electrons. The minimum absolute atomic E-state index is 0.152. The largest absolute Gasteiger partial charge is 0.495 e. The third-order valence-corrected chi connectivity index (χ3v) is 6.91. The summed E-state index contributed by atoms with van der Waals surface area (Å²) in [6, 6.07) is 19.4. The second-order valence-corrected chi connectivity index (χ2v) is 8.96. The molecule has 2 aromatic heterocycles. The molecular formula is C23H22N4O2S2. The number of benzene rings is 2. The van der Waals surface area contributed by atoms with E-state index >= 15 is 0 Å². The summed E-state index contributed by atoms with van der Waals surface area (Å²) in [4.78, 5) is 14.4. The van der Waals surface area contributed by atoms with Crippen molar-refractivity contribution in [3.8, 4) is 16.5 Å². The van der Waals surface area contributed by atoms with Gasteiger partial charge in [-0.3, -0.25) is 4.79 Å². The van der Waals surface area contributed by atoms with Crippen molar-refractivity contribution in [2.75, 3.05) is 12.4 Å². The Hall–Kier alpha value is -3.10. The number of thiophene rings is 1. The predicted octanol–water partition coefficient (Wildman–Crippen LogP) is 5.33. The van der Waals surface area contributed by atoms with Crippen LogP contribution in [-0.2, 0) is 11.8 Å². The number of aromatic nitrogens is 3. The molecule has 6 nitrogen and oxygen atoms in total. The van der Waals surface area contributed by atoms with E-state index in [-0.39, 0.29) is 5.91 Å². The van der Waals surface area contributed by atoms with Crippen molar-refractivity contribution in [2.45, 2.75) is 17.3 Å². The molecule has 1 atom stereocenters. The number of hydrogen-bond acceptors (Lipinski definition) is 6. The highest BCUT2D eigenvalue weighted by Crippen LogP contribution is 2.37. The summed E-state index contributed by atoms with van der Waals surface area (Å²) in [6.45, 7) is 1.98. The van der Waals surface area contributed by atoms with E-state index in [1.165, 1.54) is 11.8 Å². The van der Waals surface area contributed by atoms with Crippen LogP contribution in [0.4, 0.5) is 5.69 Å². The zero-order chi connectivity index (χ0) is 21.8. The number of ether oxygens (including phenoxy) is 1. The molecule has 0 aliphatic carbocycles. The molecule has 2 aromatic carbocycles. The summed E-state index contributed by atoms with van der Waals surface area (Å²) < 4.78 is 7.35. The number of hydrogen-bond donors (Lipinski definition) is 1. The van der Waals surface area contributed by atoms with Crippen molar-refractivity contribution >= 4 is 34.7 Å². The van der Waals surface area contributed by atoms with Gasteiger partial charge in [-0.1, -0.05) is 54.2 Å². The lowest BCUT2D eigenvalue weighted by Crippen LogP contribution is -2.20. The highest BCUT2D eigenvalue weighted by Gasteiger charge is 2.26. The summed E-state index contributed by atoms with van der Waals surface area (Å²) >= 11 is 2.98. The average molecular weight is 451 g/mol. The van der Waals surface area contributed by atoms with E-state index in [0.717, 1.165) is 21.8 Å². The molecule has 0 aliphatic heterocycles. The van der Waals surface area contributed by atoms with E-state index in [1.807, 2.05) is 84.6 Å². The van der Waals surface area contributed by atoms with Gasteiger partial charge in [0.2, 0.25) is 5.91 Å². The fourth-order valence-electron chi connectivity index (χ4n) is 3.16. The third-order valence-electron chi connectivity index (χ3n) is 4.75. The number of anilines is 1. The molecule has 0 fully saturated rings. The average Bonchev–Trinajstić information content (AvgIpc) is 3.42. The Bertz CT molecular complexity index is 1170. The topological polar surface area (TPSA) is 69.0 Å². The Kier molecular flexibility index (Phi) is 6.39. The molecule has 158 valence electrons. The van der Waals surface area contributed by atoms with Gasteiger partial charge in [0.25, 0.3) is 0 Å². The summed E-state index contributed by atoms with van der Waals surface area (Å²) in [7, 11) is 3.51. The maximum Gasteiger partial charge on any atom is 0.242 e. The zero-order valence-electron chi connectivity index (χ0n) is 17.4. The van der Waals surface area contributed by atoms with Crippen LogP contribution in [0.1, 0.15) is 16.4 Å². The van der Waals surface area contributed by atoms with Crippen molar-refractivity contribution in [2.24, 2.45) is 7.05 Å². The highest BCUT2D eigenvalue weighted by atomic mass is 32.2. The monoisotopic (exact) mass is 450 g/mol. The zero-order valence-corrected chi connectivity index (χ0v) is 19.0. The number of thioether (sulfide) groups is 1. The van der Waals surface area contributed by atoms with Gasteiger partial charge in [-0.05, 0) is 41.6 Å². The molecule has 8 heteroatoms. The van der Waals surface area contributed by atoms with Crippen LogP contribution in [0.25, 0.3) is 10.7 Å². The SMILES string of the molecule is COc1ccc(C)cc1NC(=O)C(Sc1nnc(-c2cccs2)n1C)c1ccccc1. The molecule has 2 heterocycles. The fraction of sp³-hybridized carbons (Fsp3) is 0.174. The van der Waals surface area contributed by atoms with Gasteiger partial charge in [0, 0.05) is 7.05 Å². The number of carbonyl (C=O) groups is 1. The minimum Gasteiger partial charge on any atom is -0.495 e. The molecule has 0 aliphatic rings. The molecule has 4 rings (SSSR count). The molecule has 1 amide bonds. The van der Waals surface area contributed by atoms with Crippen molar-refractivity contribution < 1.29 is 9.53 Å². The van der Waals surface area contributed by atoms with E-state index < -0.39 is 5.25 Å². The van der Waals surface area contributed by atoms with Crippen LogP contribution in [0.5, 0.6) is 5.75 Å². The van der Waals surface area contributed by atoms with E-state index in [2.05, 4.69) is 15.5 Å². The second kappa shape index (κ2) is 9.36. The number of aryl methyl sites for hydroxylation is 1. The molecule has 4 aromatic rings. The number of methoxy groups -OCH3 is 1. The predicted molar refractivity (Wildman–Crippen MR) is 126 cm³/mol. The fourth-order valence-corrected chi connectivity index (χ4v) is 4.91. The molecule has 0 saturated carbocycles. The molecule has 0 saturated heterocycles. The van der Waals surface area contributed by atoms with E-state index in [4.69, 9.17) is 4.74 Å². The lowest BCUT2D eigenvalue weighted by Gasteiger charge is -2.18. The van der Waals surface area contributed by atoms with Gasteiger partial charge in [0.05, 0.1) is 17.7 Å². The van der Waals surface area contributed by atoms with Crippen LogP contribution in [0.15, 0.2) is 71.2 Å². The number of rotatable bonds is 7. The van der Waals surface area contributed by atoms with Crippen LogP contribution < -0.4 is 10.1 Å². The van der Waals surface area contributed by atoms with E-state index in [1.54, 1.807) is 18.4 Å². The Morgan fingerprint density at radius 2 is 1.94 bits per heavy atom. The molecule has 31 heavy (non-hydrogen) atoms. The Labute approximate surface area is 189 Å². The molecule has 0 spiro atoms. The van der Waals surface area contributed by atoms with Crippen LogP contribution in [0.2, 0.25) is 0 Å². The lowest BCUT2D eigenvalue weighted by molar-refractivity contribution is -0.115. The summed E-state index contributed by atoms with van der Waals surface area (Å²) in [5.41, 5.74) is 2.57. The maximum absolute atomic E-state index is 13.4. The first-order chi connectivity index (χ1) is 15.1. The Morgan fingerprint density at radius 3 is 2.65 bits per heavy atom. The first kappa shape index (κ1) is 21.1. The second-order valence-electron chi connectivity index (χ2n) is 6.94. The Morgan fingerprint density at radius 1 is 1.13 bits per heavy atom. The summed E-state index contributed by atoms with van der Waals surface area (Å²) in [5.74, 6) is 1.25. The van der Waals surface area contributed by atoms with Gasteiger partial charge in [-0.15, -0.1) is 21.5 Å². The van der Waals surface area contributed by atoms with Gasteiger partial charge < -0.3 is 14.6 Å². The van der Waals surface area contributed by atoms with Crippen LogP contribution in [0.3, 0.4) is 0 Å². The van der Waals surface area contributed by atoms with E-state index in [9.17, 15) is 4.79 Å². The number of nitrogens with one attached hydrogen (secondary N) is 1.